The molecule has 1 amide bonds. The lowest BCUT2D eigenvalue weighted by Crippen LogP contribution is -2.48. The highest BCUT2D eigenvalue weighted by Gasteiger charge is 2.21. The predicted octanol–water partition coefficient (Wildman–Crippen LogP) is 4.10. The van der Waals surface area contributed by atoms with Crippen molar-refractivity contribution in [2.24, 2.45) is 5.11 Å². The van der Waals surface area contributed by atoms with Crippen molar-refractivity contribution >= 4 is 17.7 Å². The fourth-order valence-corrected chi connectivity index (χ4v) is 2.94. The van der Waals surface area contributed by atoms with Crippen molar-refractivity contribution in [3.63, 3.8) is 0 Å². The van der Waals surface area contributed by atoms with Crippen molar-refractivity contribution in [2.75, 3.05) is 32.7 Å². The average molecular weight is 347 g/mol. The minimum atomic E-state index is 0.0250. The first-order valence-electron chi connectivity index (χ1n) is 8.64. The number of carbonyl (C=O) groups excluding carboxylic acids is 1. The number of benzene rings is 2. The van der Waals surface area contributed by atoms with Crippen LogP contribution in [0.25, 0.3) is 16.5 Å². The van der Waals surface area contributed by atoms with E-state index in [2.05, 4.69) is 39.2 Å². The number of amides is 1. The molecule has 26 heavy (non-hydrogen) atoms. The summed E-state index contributed by atoms with van der Waals surface area (Å²) in [5.74, 6) is 0.0250. The van der Waals surface area contributed by atoms with Crippen LogP contribution in [-0.2, 0) is 0 Å². The molecule has 1 aliphatic rings. The van der Waals surface area contributed by atoms with Crippen LogP contribution in [0.5, 0.6) is 0 Å². The van der Waals surface area contributed by atoms with Gasteiger partial charge in [-0.15, -0.1) is 0 Å². The topological polar surface area (TPSA) is 72.3 Å². The molecule has 3 rings (SSSR count). The summed E-state index contributed by atoms with van der Waals surface area (Å²) in [6.45, 7) is 4.05. The quantitative estimate of drug-likeness (QED) is 0.464. The summed E-state index contributed by atoms with van der Waals surface area (Å²) in [6.07, 6.45) is 4.30. The molecular weight excluding hydrogens is 326 g/mol. The lowest BCUT2D eigenvalue weighted by molar-refractivity contribution is 0.0650. The highest BCUT2D eigenvalue weighted by molar-refractivity contribution is 5.94. The molecule has 0 N–H and O–H groups in total. The SMILES string of the molecule is [N-]=[N+]=Nc1ccc(C(=O)N2CCN(CC=Cc3ccccc3)CC2)cc1. The van der Waals surface area contributed by atoms with Crippen molar-refractivity contribution in [2.45, 2.75) is 0 Å². The third-order valence-corrected chi connectivity index (χ3v) is 4.41. The van der Waals surface area contributed by atoms with Gasteiger partial charge >= 0.3 is 0 Å². The number of carbonyl (C=O) groups is 1. The summed E-state index contributed by atoms with van der Waals surface area (Å²) >= 11 is 0. The zero-order valence-electron chi connectivity index (χ0n) is 14.5. The molecule has 1 aliphatic heterocycles. The fourth-order valence-electron chi connectivity index (χ4n) is 2.94. The van der Waals surface area contributed by atoms with E-state index in [-0.39, 0.29) is 5.91 Å². The number of piperazine rings is 1. The van der Waals surface area contributed by atoms with Crippen LogP contribution in [0, 0.1) is 0 Å². The summed E-state index contributed by atoms with van der Waals surface area (Å²) in [4.78, 5) is 19.5. The molecule has 0 saturated carbocycles. The predicted molar refractivity (Wildman–Crippen MR) is 103 cm³/mol. The summed E-state index contributed by atoms with van der Waals surface area (Å²) in [5, 5.41) is 3.52. The third-order valence-electron chi connectivity index (χ3n) is 4.41. The van der Waals surface area contributed by atoms with Gasteiger partial charge in [-0.05, 0) is 23.2 Å². The number of hydrogen-bond acceptors (Lipinski definition) is 3. The average Bonchev–Trinajstić information content (AvgIpc) is 2.70. The minimum absolute atomic E-state index is 0.0250. The maximum atomic E-state index is 12.6. The van der Waals surface area contributed by atoms with Gasteiger partial charge in [-0.3, -0.25) is 9.69 Å². The Morgan fingerprint density at radius 3 is 2.38 bits per heavy atom. The Hall–Kier alpha value is -3.08. The summed E-state index contributed by atoms with van der Waals surface area (Å²) < 4.78 is 0. The van der Waals surface area contributed by atoms with Gasteiger partial charge in [0.1, 0.15) is 0 Å². The van der Waals surface area contributed by atoms with Gasteiger partial charge in [-0.2, -0.15) is 0 Å². The molecule has 0 atom stereocenters. The summed E-state index contributed by atoms with van der Waals surface area (Å²) in [5.41, 5.74) is 10.8. The van der Waals surface area contributed by atoms with E-state index in [1.807, 2.05) is 23.1 Å². The first-order chi connectivity index (χ1) is 12.8. The first kappa shape index (κ1) is 17.7. The number of hydrogen-bond donors (Lipinski definition) is 0. The largest absolute Gasteiger partial charge is 0.336 e. The van der Waals surface area contributed by atoms with E-state index in [1.165, 1.54) is 5.56 Å². The molecule has 0 spiro atoms. The molecule has 2 aromatic carbocycles. The molecular formula is C20H21N5O. The van der Waals surface area contributed by atoms with Crippen LogP contribution in [0.4, 0.5) is 5.69 Å². The minimum Gasteiger partial charge on any atom is -0.336 e. The lowest BCUT2D eigenvalue weighted by atomic mass is 10.1. The highest BCUT2D eigenvalue weighted by Crippen LogP contribution is 2.15. The lowest BCUT2D eigenvalue weighted by Gasteiger charge is -2.34. The Balaban J connectivity index is 1.49. The Morgan fingerprint density at radius 2 is 1.73 bits per heavy atom. The van der Waals surface area contributed by atoms with Crippen LogP contribution < -0.4 is 0 Å². The van der Waals surface area contributed by atoms with Crippen LogP contribution in [-0.4, -0.2) is 48.4 Å². The zero-order valence-corrected chi connectivity index (χ0v) is 14.5. The molecule has 1 heterocycles. The molecule has 0 aliphatic carbocycles. The van der Waals surface area contributed by atoms with Crippen LogP contribution in [0.2, 0.25) is 0 Å². The van der Waals surface area contributed by atoms with E-state index < -0.39 is 0 Å². The van der Waals surface area contributed by atoms with Gasteiger partial charge in [0.05, 0.1) is 0 Å². The first-order valence-corrected chi connectivity index (χ1v) is 8.64. The van der Waals surface area contributed by atoms with Crippen LogP contribution in [0.3, 0.4) is 0 Å². The Morgan fingerprint density at radius 1 is 1.04 bits per heavy atom. The van der Waals surface area contributed by atoms with E-state index >= 15 is 0 Å². The maximum Gasteiger partial charge on any atom is 0.253 e. The van der Waals surface area contributed by atoms with Gasteiger partial charge in [0, 0.05) is 48.9 Å². The van der Waals surface area contributed by atoms with Crippen molar-refractivity contribution in [1.29, 1.82) is 0 Å². The normalized spacial score (nSPS) is 15.0. The summed E-state index contributed by atoms with van der Waals surface area (Å²) in [6, 6.07) is 17.0. The highest BCUT2D eigenvalue weighted by atomic mass is 16.2. The number of azide groups is 1. The van der Waals surface area contributed by atoms with Crippen LogP contribution in [0.1, 0.15) is 15.9 Å². The van der Waals surface area contributed by atoms with Gasteiger partial charge in [0.15, 0.2) is 0 Å². The molecule has 6 nitrogen and oxygen atoms in total. The monoisotopic (exact) mass is 347 g/mol. The van der Waals surface area contributed by atoms with Gasteiger partial charge in [0.2, 0.25) is 0 Å². The van der Waals surface area contributed by atoms with Gasteiger partial charge in [0.25, 0.3) is 5.91 Å². The number of rotatable bonds is 5. The Labute approximate surface area is 153 Å². The van der Waals surface area contributed by atoms with E-state index in [0.29, 0.717) is 11.3 Å². The fraction of sp³-hybridized carbons (Fsp3) is 0.250. The Kier molecular flexibility index (Phi) is 6.04. The van der Waals surface area contributed by atoms with E-state index in [9.17, 15) is 4.79 Å². The summed E-state index contributed by atoms with van der Waals surface area (Å²) in [7, 11) is 0. The van der Waals surface area contributed by atoms with Gasteiger partial charge < -0.3 is 4.90 Å². The van der Waals surface area contributed by atoms with Crippen LogP contribution >= 0.6 is 0 Å². The van der Waals surface area contributed by atoms with Crippen molar-refractivity contribution < 1.29 is 4.79 Å². The standard InChI is InChI=1S/C20H21N5O/c21-23-22-19-10-8-18(9-11-19)20(26)25-15-13-24(14-16-25)12-4-7-17-5-2-1-3-6-17/h1-11H,12-16H2. The van der Waals surface area contributed by atoms with Crippen molar-refractivity contribution in [3.05, 3.63) is 82.2 Å². The van der Waals surface area contributed by atoms with E-state index in [4.69, 9.17) is 5.53 Å². The molecule has 0 radical (unpaired) electrons. The van der Waals surface area contributed by atoms with Crippen LogP contribution in [0.15, 0.2) is 65.8 Å². The van der Waals surface area contributed by atoms with Gasteiger partial charge in [-0.1, -0.05) is 59.7 Å². The molecule has 0 unspecified atom stereocenters. The van der Waals surface area contributed by atoms with Crippen molar-refractivity contribution in [1.82, 2.24) is 9.80 Å². The second kappa shape index (κ2) is 8.85. The van der Waals surface area contributed by atoms with E-state index in [0.717, 1.165) is 32.7 Å². The van der Waals surface area contributed by atoms with Gasteiger partial charge in [-0.25, -0.2) is 0 Å². The molecule has 6 heteroatoms. The third kappa shape index (κ3) is 4.72. The Bertz CT molecular complexity index is 802. The zero-order chi connectivity index (χ0) is 18.2. The second-order valence-electron chi connectivity index (χ2n) is 6.14. The molecule has 1 fully saturated rings. The molecule has 0 bridgehead atoms. The number of nitrogens with zero attached hydrogens (tertiary/aromatic N) is 5. The van der Waals surface area contributed by atoms with Crippen molar-refractivity contribution in [3.8, 4) is 0 Å². The van der Waals surface area contributed by atoms with E-state index in [1.54, 1.807) is 24.3 Å². The molecule has 2 aromatic rings. The smallest absolute Gasteiger partial charge is 0.253 e. The molecule has 1 saturated heterocycles. The second-order valence-corrected chi connectivity index (χ2v) is 6.14. The molecule has 0 aromatic heterocycles. The molecule has 132 valence electrons. The maximum absolute atomic E-state index is 12.6.